The Morgan fingerprint density at radius 1 is 1.71 bits per heavy atom. The van der Waals surface area contributed by atoms with Crippen LogP contribution in [0.25, 0.3) is 0 Å². The van der Waals surface area contributed by atoms with E-state index in [0.717, 1.165) is 24.4 Å². The van der Waals surface area contributed by atoms with Gasteiger partial charge in [-0.2, -0.15) is 0 Å². The van der Waals surface area contributed by atoms with E-state index in [4.69, 9.17) is 0 Å². The summed E-state index contributed by atoms with van der Waals surface area (Å²) in [6.45, 7) is 0.967. The van der Waals surface area contributed by atoms with E-state index in [9.17, 15) is 4.79 Å². The van der Waals surface area contributed by atoms with Crippen LogP contribution < -0.4 is 10.2 Å². The van der Waals surface area contributed by atoms with Crippen molar-refractivity contribution in [1.82, 2.24) is 5.32 Å². The van der Waals surface area contributed by atoms with Crippen molar-refractivity contribution < 1.29 is 4.79 Å². The Hall–Kier alpha value is -0.870. The molecule has 0 spiro atoms. The van der Waals surface area contributed by atoms with Gasteiger partial charge in [-0.05, 0) is 36.9 Å². The zero-order chi connectivity index (χ0) is 9.97. The van der Waals surface area contributed by atoms with E-state index in [2.05, 4.69) is 5.32 Å². The van der Waals surface area contributed by atoms with E-state index in [1.807, 2.05) is 24.6 Å². The van der Waals surface area contributed by atoms with Gasteiger partial charge in [0.15, 0.2) is 0 Å². The zero-order valence-electron chi connectivity index (χ0n) is 8.19. The molecule has 2 rings (SSSR count). The number of nitrogens with one attached hydrogen (secondary N) is 1. The van der Waals surface area contributed by atoms with Crippen LogP contribution in [0.4, 0.5) is 5.00 Å². The van der Waals surface area contributed by atoms with Crippen molar-refractivity contribution in [3.63, 3.8) is 0 Å². The Labute approximate surface area is 87.7 Å². The molecule has 2 heterocycles. The Balaban J connectivity index is 2.04. The average Bonchev–Trinajstić information content (AvgIpc) is 2.87. The first-order valence-electron chi connectivity index (χ1n) is 4.83. The third kappa shape index (κ3) is 1.81. The lowest BCUT2D eigenvalue weighted by Crippen LogP contribution is -2.41. The molecule has 0 radical (unpaired) electrons. The first-order valence-corrected chi connectivity index (χ1v) is 5.71. The highest BCUT2D eigenvalue weighted by Crippen LogP contribution is 2.21. The molecule has 1 fully saturated rings. The summed E-state index contributed by atoms with van der Waals surface area (Å²) in [6, 6.07) is 3.96. The van der Waals surface area contributed by atoms with Gasteiger partial charge in [-0.1, -0.05) is 0 Å². The van der Waals surface area contributed by atoms with Crippen LogP contribution in [0, 0.1) is 0 Å². The maximum Gasteiger partial charge on any atom is 0.244 e. The van der Waals surface area contributed by atoms with E-state index in [1.54, 1.807) is 16.2 Å². The molecular formula is C10H14N2OS. The standard InChI is InChI=1S/C10H14N2OS/c1-12(9-5-3-7-14-9)10(13)8-4-2-6-11-8/h3,5,7-8,11H,2,4,6H2,1H3. The van der Waals surface area contributed by atoms with E-state index >= 15 is 0 Å². The van der Waals surface area contributed by atoms with Gasteiger partial charge >= 0.3 is 0 Å². The second-order valence-corrected chi connectivity index (χ2v) is 4.42. The predicted octanol–water partition coefficient (Wildman–Crippen LogP) is 1.46. The summed E-state index contributed by atoms with van der Waals surface area (Å²) in [6.07, 6.45) is 2.07. The lowest BCUT2D eigenvalue weighted by atomic mass is 10.2. The number of carbonyl (C=O) groups is 1. The van der Waals surface area contributed by atoms with Crippen molar-refractivity contribution in [1.29, 1.82) is 0 Å². The van der Waals surface area contributed by atoms with Gasteiger partial charge in [0.05, 0.1) is 11.0 Å². The van der Waals surface area contributed by atoms with Crippen molar-refractivity contribution in [3.8, 4) is 0 Å². The third-order valence-electron chi connectivity index (χ3n) is 2.53. The van der Waals surface area contributed by atoms with Gasteiger partial charge in [0.25, 0.3) is 0 Å². The number of hydrogen-bond acceptors (Lipinski definition) is 3. The molecule has 1 saturated heterocycles. The van der Waals surface area contributed by atoms with E-state index in [-0.39, 0.29) is 11.9 Å². The summed E-state index contributed by atoms with van der Waals surface area (Å²) < 4.78 is 0. The summed E-state index contributed by atoms with van der Waals surface area (Å²) in [5.74, 6) is 0.185. The van der Waals surface area contributed by atoms with E-state index in [1.165, 1.54) is 0 Å². The molecule has 1 amide bonds. The van der Waals surface area contributed by atoms with Crippen LogP contribution in [0.15, 0.2) is 17.5 Å². The molecule has 0 saturated carbocycles. The molecule has 3 nitrogen and oxygen atoms in total. The molecule has 1 atom stereocenters. The highest BCUT2D eigenvalue weighted by Gasteiger charge is 2.25. The Morgan fingerprint density at radius 3 is 3.14 bits per heavy atom. The highest BCUT2D eigenvalue weighted by atomic mass is 32.1. The van der Waals surface area contributed by atoms with Crippen molar-refractivity contribution in [2.75, 3.05) is 18.5 Å². The summed E-state index contributed by atoms with van der Waals surface area (Å²) in [7, 11) is 1.84. The van der Waals surface area contributed by atoms with Gasteiger partial charge in [-0.3, -0.25) is 4.79 Å². The molecule has 0 aliphatic carbocycles. The molecule has 1 aliphatic rings. The van der Waals surface area contributed by atoms with Crippen LogP contribution in [0.2, 0.25) is 0 Å². The molecule has 1 aromatic heterocycles. The number of rotatable bonds is 2. The minimum atomic E-state index is 0.0297. The first-order chi connectivity index (χ1) is 6.79. The molecule has 1 unspecified atom stereocenters. The molecule has 4 heteroatoms. The summed E-state index contributed by atoms with van der Waals surface area (Å²) >= 11 is 1.60. The fraction of sp³-hybridized carbons (Fsp3) is 0.500. The third-order valence-corrected chi connectivity index (χ3v) is 3.47. The normalized spacial score (nSPS) is 21.1. The van der Waals surface area contributed by atoms with Crippen LogP contribution in [0.5, 0.6) is 0 Å². The second-order valence-electron chi connectivity index (χ2n) is 3.50. The Bertz CT molecular complexity index is 304. The zero-order valence-corrected chi connectivity index (χ0v) is 9.01. The molecule has 1 N–H and O–H groups in total. The number of carbonyl (C=O) groups excluding carboxylic acids is 1. The number of amides is 1. The molecule has 0 aromatic carbocycles. The van der Waals surface area contributed by atoms with Crippen molar-refractivity contribution in [2.24, 2.45) is 0 Å². The van der Waals surface area contributed by atoms with Crippen molar-refractivity contribution >= 4 is 22.2 Å². The Kier molecular flexibility index (Phi) is 2.84. The fourth-order valence-corrected chi connectivity index (χ4v) is 2.40. The van der Waals surface area contributed by atoms with Gasteiger partial charge < -0.3 is 10.2 Å². The SMILES string of the molecule is CN(C(=O)C1CCCN1)c1cccs1. The van der Waals surface area contributed by atoms with Crippen LogP contribution in [0.3, 0.4) is 0 Å². The highest BCUT2D eigenvalue weighted by molar-refractivity contribution is 7.14. The first kappa shape index (κ1) is 9.68. The molecule has 14 heavy (non-hydrogen) atoms. The van der Waals surface area contributed by atoms with Gasteiger partial charge in [-0.25, -0.2) is 0 Å². The summed E-state index contributed by atoms with van der Waals surface area (Å²) in [5, 5.41) is 6.22. The number of hydrogen-bond donors (Lipinski definition) is 1. The number of nitrogens with zero attached hydrogens (tertiary/aromatic N) is 1. The van der Waals surface area contributed by atoms with E-state index in [0.29, 0.717) is 0 Å². The van der Waals surface area contributed by atoms with Gasteiger partial charge in [0, 0.05) is 7.05 Å². The quantitative estimate of drug-likeness (QED) is 0.801. The Morgan fingerprint density at radius 2 is 2.57 bits per heavy atom. The maximum absolute atomic E-state index is 11.9. The van der Waals surface area contributed by atoms with Crippen molar-refractivity contribution in [2.45, 2.75) is 18.9 Å². The van der Waals surface area contributed by atoms with Crippen LogP contribution in [-0.2, 0) is 4.79 Å². The van der Waals surface area contributed by atoms with Gasteiger partial charge in [0.2, 0.25) is 5.91 Å². The number of thiophene rings is 1. The fourth-order valence-electron chi connectivity index (χ4n) is 1.70. The summed E-state index contributed by atoms with van der Waals surface area (Å²) in [4.78, 5) is 13.7. The predicted molar refractivity (Wildman–Crippen MR) is 58.8 cm³/mol. The van der Waals surface area contributed by atoms with E-state index < -0.39 is 0 Å². The smallest absolute Gasteiger partial charge is 0.244 e. The lowest BCUT2D eigenvalue weighted by Gasteiger charge is -2.19. The minimum Gasteiger partial charge on any atom is -0.306 e. The molecule has 76 valence electrons. The number of likely N-dealkylation sites (N-methyl/N-ethyl adjacent to an activating group) is 1. The maximum atomic E-state index is 11.9. The summed E-state index contributed by atoms with van der Waals surface area (Å²) in [5.41, 5.74) is 0. The van der Waals surface area contributed by atoms with Crippen LogP contribution in [0.1, 0.15) is 12.8 Å². The van der Waals surface area contributed by atoms with Crippen LogP contribution in [-0.4, -0.2) is 25.5 Å². The molecule has 0 bridgehead atoms. The topological polar surface area (TPSA) is 32.3 Å². The molecular weight excluding hydrogens is 196 g/mol. The van der Waals surface area contributed by atoms with Gasteiger partial charge in [-0.15, -0.1) is 11.3 Å². The molecule has 1 aliphatic heterocycles. The monoisotopic (exact) mass is 210 g/mol. The van der Waals surface area contributed by atoms with Crippen molar-refractivity contribution in [3.05, 3.63) is 17.5 Å². The lowest BCUT2D eigenvalue weighted by molar-refractivity contribution is -0.119. The second kappa shape index (κ2) is 4.11. The number of anilines is 1. The largest absolute Gasteiger partial charge is 0.306 e. The molecule has 1 aromatic rings. The average molecular weight is 210 g/mol. The van der Waals surface area contributed by atoms with Gasteiger partial charge in [0.1, 0.15) is 0 Å². The minimum absolute atomic E-state index is 0.0297. The van der Waals surface area contributed by atoms with Crippen LogP contribution >= 0.6 is 11.3 Å².